The quantitative estimate of drug-likeness (QED) is 0.114. The van der Waals surface area contributed by atoms with E-state index in [4.69, 9.17) is 4.55 Å². The van der Waals surface area contributed by atoms with Gasteiger partial charge in [0.2, 0.25) is 0 Å². The second-order valence-electron chi connectivity index (χ2n) is 8.98. The van der Waals surface area contributed by atoms with Gasteiger partial charge in [-0.1, -0.05) is 0 Å². The van der Waals surface area contributed by atoms with Crippen molar-refractivity contribution >= 4 is 51.6 Å². The van der Waals surface area contributed by atoms with E-state index in [0.717, 1.165) is 0 Å². The smallest absolute Gasteiger partial charge is 0.365 e. The summed E-state index contributed by atoms with van der Waals surface area (Å²) in [6.07, 6.45) is -3.22. The minimum Gasteiger partial charge on any atom is -0.365 e. The molecule has 1 aromatic carbocycles. The molecule has 0 aromatic heterocycles. The molecule has 0 atom stereocenters. The van der Waals surface area contributed by atoms with Crippen LogP contribution in [0.1, 0.15) is 5.56 Å². The van der Waals surface area contributed by atoms with Gasteiger partial charge in [0, 0.05) is 51.4 Å². The Morgan fingerprint density at radius 1 is 0.953 bits per heavy atom. The molecule has 0 bridgehead atoms. The van der Waals surface area contributed by atoms with Gasteiger partial charge in [-0.2, -0.15) is 38.4 Å². The van der Waals surface area contributed by atoms with Gasteiger partial charge in [-0.15, -0.1) is 0 Å². The number of nitro groups is 1. The van der Waals surface area contributed by atoms with Gasteiger partial charge >= 0.3 is 6.18 Å². The summed E-state index contributed by atoms with van der Waals surface area (Å²) in [4.78, 5) is 11.4. The molecule has 1 fully saturated rings. The Balaban J connectivity index is 0.00000170. The Bertz CT molecular complexity index is 1510. The summed E-state index contributed by atoms with van der Waals surface area (Å²) in [5, 5.41) is 14.4. The van der Waals surface area contributed by atoms with Gasteiger partial charge in [0.15, 0.2) is 9.84 Å². The average Bonchev–Trinajstić information content (AvgIpc) is 2.79. The summed E-state index contributed by atoms with van der Waals surface area (Å²) < 4.78 is 150. The molecular weight excluding hydrogens is 677 g/mol. The second kappa shape index (κ2) is 15.2. The predicted octanol–water partition coefficient (Wildman–Crippen LogP) is -0.487. The number of benzene rings is 1. The molecule has 1 heterocycles. The van der Waals surface area contributed by atoms with Crippen molar-refractivity contribution in [2.75, 3.05) is 82.0 Å². The highest BCUT2D eigenvalue weighted by Crippen LogP contribution is 2.43. The number of piperazine rings is 1. The molecule has 43 heavy (non-hydrogen) atoms. The fourth-order valence-electron chi connectivity index (χ4n) is 3.56. The van der Waals surface area contributed by atoms with Crippen LogP contribution in [0.25, 0.3) is 0 Å². The lowest BCUT2D eigenvalue weighted by molar-refractivity contribution is -0.385. The summed E-state index contributed by atoms with van der Waals surface area (Å²) >= 11 is 0. The van der Waals surface area contributed by atoms with E-state index in [2.05, 4.69) is 13.7 Å². The fraction of sp³-hybridized carbons (Fsp3) is 0.684. The zero-order valence-electron chi connectivity index (χ0n) is 23.0. The highest BCUT2D eigenvalue weighted by Gasteiger charge is 2.41. The lowest BCUT2D eigenvalue weighted by Gasteiger charge is -2.31. The summed E-state index contributed by atoms with van der Waals surface area (Å²) in [6.45, 7) is -1.54. The number of nitrogens with one attached hydrogen (secondary N) is 1. The summed E-state index contributed by atoms with van der Waals surface area (Å²) in [5.41, 5.74) is -3.85. The zero-order chi connectivity index (χ0) is 33.4. The Morgan fingerprint density at radius 3 is 1.77 bits per heavy atom. The third-order valence-electron chi connectivity index (χ3n) is 5.11. The van der Waals surface area contributed by atoms with E-state index in [-0.39, 0.29) is 19.2 Å². The van der Waals surface area contributed by atoms with Gasteiger partial charge in [0.1, 0.15) is 5.88 Å². The standard InChI is InChI=1S/C18H27F3N4O10S3.CH4O3S/c1-36(28,29)34-9-7-24(8-10-35-37(2,30)31)17-15(18(19,20)21)11-14(25(26)27)12-16(17)38(32,33)13-23-5-3-22-4-6-23;1-5(2,3)4/h11-12,22H,3-10,13H2,1-2H3;1H3,(H,2,3,4). The molecule has 0 unspecified atom stereocenters. The number of anilines is 1. The van der Waals surface area contributed by atoms with Crippen molar-refractivity contribution in [1.29, 1.82) is 0 Å². The van der Waals surface area contributed by atoms with Crippen LogP contribution in [0.15, 0.2) is 17.0 Å². The van der Waals surface area contributed by atoms with Crippen molar-refractivity contribution in [1.82, 2.24) is 10.2 Å². The number of non-ortho nitro benzene ring substituents is 1. The van der Waals surface area contributed by atoms with E-state index >= 15 is 0 Å². The maximum Gasteiger partial charge on any atom is 0.418 e. The van der Waals surface area contributed by atoms with Crippen molar-refractivity contribution in [2.45, 2.75) is 11.1 Å². The van der Waals surface area contributed by atoms with Crippen molar-refractivity contribution in [2.24, 2.45) is 0 Å². The Kier molecular flexibility index (Phi) is 13.7. The Morgan fingerprint density at radius 2 is 1.40 bits per heavy atom. The Labute approximate surface area is 247 Å². The number of alkyl halides is 3. The first-order valence-electron chi connectivity index (χ1n) is 11.7. The van der Waals surface area contributed by atoms with E-state index in [1.165, 1.54) is 4.90 Å². The topological polar surface area (TPSA) is 237 Å². The van der Waals surface area contributed by atoms with E-state index < -0.39 is 105 Å². The molecule has 0 saturated carbocycles. The molecule has 1 saturated heterocycles. The normalized spacial score (nSPS) is 15.4. The number of nitrogens with zero attached hydrogens (tertiary/aromatic N) is 3. The van der Waals surface area contributed by atoms with Crippen LogP contribution < -0.4 is 10.2 Å². The van der Waals surface area contributed by atoms with Crippen LogP contribution in [0.2, 0.25) is 0 Å². The first kappa shape index (κ1) is 38.8. The van der Waals surface area contributed by atoms with Crippen LogP contribution in [0.5, 0.6) is 0 Å². The monoisotopic (exact) mass is 708 g/mol. The predicted molar refractivity (Wildman–Crippen MR) is 146 cm³/mol. The first-order valence-corrected chi connectivity index (χ1v) is 18.8. The molecule has 24 heteroatoms. The number of nitro benzene ring substituents is 1. The van der Waals surface area contributed by atoms with Crippen LogP contribution in [-0.4, -0.2) is 125 Å². The number of halogens is 3. The van der Waals surface area contributed by atoms with Crippen molar-refractivity contribution in [3.63, 3.8) is 0 Å². The molecule has 1 aliphatic rings. The third kappa shape index (κ3) is 15.4. The van der Waals surface area contributed by atoms with Crippen molar-refractivity contribution in [3.05, 3.63) is 27.8 Å². The minimum absolute atomic E-state index is 0.154. The van der Waals surface area contributed by atoms with E-state index in [1.54, 1.807) is 0 Å². The highest BCUT2D eigenvalue weighted by atomic mass is 32.2. The lowest BCUT2D eigenvalue weighted by atomic mass is 10.1. The van der Waals surface area contributed by atoms with Crippen LogP contribution >= 0.6 is 0 Å². The summed E-state index contributed by atoms with van der Waals surface area (Å²) in [5.74, 6) is -0.756. The Hall–Kier alpha value is -2.19. The van der Waals surface area contributed by atoms with E-state index in [9.17, 15) is 57.0 Å². The van der Waals surface area contributed by atoms with Crippen LogP contribution in [0.3, 0.4) is 0 Å². The first-order chi connectivity index (χ1) is 19.3. The molecule has 1 aliphatic heterocycles. The van der Waals surface area contributed by atoms with E-state index in [0.29, 0.717) is 42.8 Å². The molecule has 0 aliphatic carbocycles. The second-order valence-corrected chi connectivity index (χ2v) is 15.7. The number of hydrogen-bond donors (Lipinski definition) is 2. The minimum atomic E-state index is -5.30. The molecule has 0 radical (unpaired) electrons. The molecule has 0 spiro atoms. The lowest BCUT2D eigenvalue weighted by Crippen LogP contribution is -2.45. The van der Waals surface area contributed by atoms with Crippen LogP contribution in [-0.2, 0) is 54.7 Å². The molecule has 250 valence electrons. The summed E-state index contributed by atoms with van der Waals surface area (Å²) in [6, 6.07) is 0.644. The molecule has 2 N–H and O–H groups in total. The van der Waals surface area contributed by atoms with Crippen LogP contribution in [0, 0.1) is 10.1 Å². The highest BCUT2D eigenvalue weighted by molar-refractivity contribution is 7.91. The maximum absolute atomic E-state index is 14.2. The molecule has 0 amide bonds. The fourth-order valence-corrected chi connectivity index (χ4v) is 6.03. The van der Waals surface area contributed by atoms with Gasteiger partial charge < -0.3 is 10.2 Å². The van der Waals surface area contributed by atoms with Gasteiger partial charge in [-0.3, -0.25) is 27.9 Å². The third-order valence-corrected chi connectivity index (χ3v) is 7.98. The molecule has 1 aromatic rings. The number of hydrogen-bond acceptors (Lipinski definition) is 15. The van der Waals surface area contributed by atoms with Crippen molar-refractivity contribution < 1.29 is 64.7 Å². The van der Waals surface area contributed by atoms with Gasteiger partial charge in [-0.25, -0.2) is 8.42 Å². The summed E-state index contributed by atoms with van der Waals surface area (Å²) in [7, 11) is -16.4. The van der Waals surface area contributed by atoms with E-state index in [1.807, 2.05) is 0 Å². The molecule has 17 nitrogen and oxygen atoms in total. The molecule has 2 rings (SSSR count). The average molecular weight is 709 g/mol. The zero-order valence-corrected chi connectivity index (χ0v) is 26.2. The largest absolute Gasteiger partial charge is 0.418 e. The maximum atomic E-state index is 14.2. The SMILES string of the molecule is CS(=O)(=O)O.CS(=O)(=O)OCCN(CCOS(C)(=O)=O)c1c(C(F)(F)F)cc([N+](=O)[O-])cc1S(=O)(=O)CN1CCNCC1. The van der Waals surface area contributed by atoms with Crippen molar-refractivity contribution in [3.8, 4) is 0 Å². The van der Waals surface area contributed by atoms with Crippen LogP contribution in [0.4, 0.5) is 24.5 Å². The molecular formula is C19H31F3N4O13S4. The van der Waals surface area contributed by atoms with Gasteiger partial charge in [0.25, 0.3) is 36.0 Å². The van der Waals surface area contributed by atoms with Gasteiger partial charge in [0.05, 0.1) is 53.1 Å². The number of sulfone groups is 1. The number of rotatable bonds is 13. The van der Waals surface area contributed by atoms with Gasteiger partial charge in [-0.05, 0) is 0 Å².